The smallest absolute Gasteiger partial charge is 0.288 e. The maximum atomic E-state index is 13.4. The zero-order valence-electron chi connectivity index (χ0n) is 21.6. The Balaban J connectivity index is 1.60. The number of hydrogen-bond donors (Lipinski definition) is 2. The van der Waals surface area contributed by atoms with Gasteiger partial charge in [-0.25, -0.2) is 9.98 Å². The largest absolute Gasteiger partial charge is 0.494 e. The number of rotatable bonds is 7. The number of anilines is 2. The first-order chi connectivity index (χ1) is 18.5. The van der Waals surface area contributed by atoms with Crippen LogP contribution in [0.4, 0.5) is 11.5 Å². The average molecular weight is 611 g/mol. The van der Waals surface area contributed by atoms with E-state index in [0.717, 1.165) is 5.56 Å². The topological polar surface area (TPSA) is 105 Å². The highest BCUT2D eigenvalue weighted by Gasteiger charge is 2.30. The lowest BCUT2D eigenvalue weighted by Gasteiger charge is -2.36. The Labute approximate surface area is 245 Å². The molecule has 0 spiro atoms. The number of methoxy groups -OCH3 is 1. The van der Waals surface area contributed by atoms with E-state index in [1.165, 1.54) is 36.8 Å². The number of pyridine rings is 1. The normalized spacial score (nSPS) is 12.9. The number of carbonyl (C=O) groups is 2. The van der Waals surface area contributed by atoms with Crippen molar-refractivity contribution in [3.8, 4) is 5.75 Å². The number of thiophene rings is 1. The molecule has 0 bridgehead atoms. The summed E-state index contributed by atoms with van der Waals surface area (Å²) < 4.78 is 11.1. The fourth-order valence-corrected chi connectivity index (χ4v) is 5.31. The quantitative estimate of drug-likeness (QED) is 0.312. The molecule has 0 unspecified atom stereocenters. The lowest BCUT2D eigenvalue weighted by Crippen LogP contribution is -2.45. The number of benzene rings is 1. The zero-order chi connectivity index (χ0) is 28.3. The number of nitrogens with zero attached hydrogens (tertiary/aromatic N) is 3. The van der Waals surface area contributed by atoms with Crippen molar-refractivity contribution >= 4 is 75.5 Å². The molecule has 13 heteroatoms. The Morgan fingerprint density at radius 3 is 2.51 bits per heavy atom. The average Bonchev–Trinajstić information content (AvgIpc) is 3.53. The van der Waals surface area contributed by atoms with Gasteiger partial charge in [0.05, 0.1) is 41.5 Å². The molecule has 2 N–H and O–H groups in total. The molecule has 0 radical (unpaired) electrons. The summed E-state index contributed by atoms with van der Waals surface area (Å²) >= 11 is 20.0. The molecular formula is C26H26Cl3N5O4S. The van der Waals surface area contributed by atoms with Crippen molar-refractivity contribution in [2.24, 2.45) is 4.99 Å². The van der Waals surface area contributed by atoms with Crippen LogP contribution in [0.15, 0.2) is 40.8 Å². The maximum absolute atomic E-state index is 13.4. The third-order valence-electron chi connectivity index (χ3n) is 5.68. The molecule has 1 aliphatic rings. The van der Waals surface area contributed by atoms with E-state index in [2.05, 4.69) is 20.6 Å². The third-order valence-corrected chi connectivity index (χ3v) is 7.70. The van der Waals surface area contributed by atoms with Crippen LogP contribution in [0.1, 0.15) is 46.4 Å². The second-order valence-electron chi connectivity index (χ2n) is 9.47. The number of carbonyl (C=O) groups excluding carboxylic acids is 2. The van der Waals surface area contributed by atoms with Crippen LogP contribution in [-0.4, -0.2) is 53.5 Å². The van der Waals surface area contributed by atoms with Gasteiger partial charge in [-0.05, 0) is 44.4 Å². The van der Waals surface area contributed by atoms with Crippen LogP contribution >= 0.6 is 46.1 Å². The van der Waals surface area contributed by atoms with E-state index in [1.807, 2.05) is 31.1 Å². The summed E-state index contributed by atoms with van der Waals surface area (Å²) in [4.78, 5) is 37.4. The summed E-state index contributed by atoms with van der Waals surface area (Å²) in [5, 5.41) is 8.24. The second kappa shape index (κ2) is 12.0. The minimum atomic E-state index is -0.558. The van der Waals surface area contributed by atoms with Gasteiger partial charge in [0, 0.05) is 28.4 Å². The van der Waals surface area contributed by atoms with Gasteiger partial charge in [-0.2, -0.15) is 0 Å². The van der Waals surface area contributed by atoms with Gasteiger partial charge in [-0.1, -0.05) is 34.8 Å². The molecule has 9 nitrogen and oxygen atoms in total. The molecule has 0 atom stereocenters. The summed E-state index contributed by atoms with van der Waals surface area (Å²) in [5.74, 6) is -0.594. The Bertz CT molecular complexity index is 1420. The predicted molar refractivity (Wildman–Crippen MR) is 156 cm³/mol. The molecule has 0 saturated heterocycles. The van der Waals surface area contributed by atoms with Crippen LogP contribution in [0.2, 0.25) is 15.1 Å². The standard InChI is InChI=1S/C26H26Cl3N5O4S/c1-26(2,3)34(25-30-7-8-38-25)12-14-13-39-22(20(14)29)24(36)33-21-17(9-16(28)10-18(21)37-4)23(35)32-19-6-5-15(27)11-31-19/h5-6,9-11,13H,7-8,12H2,1-4H3,(H,33,36)(H,31,32,35). The minimum absolute atomic E-state index is 0.0765. The highest BCUT2D eigenvalue weighted by atomic mass is 35.5. The number of ether oxygens (including phenoxy) is 2. The highest BCUT2D eigenvalue weighted by molar-refractivity contribution is 7.13. The molecule has 0 fully saturated rings. The molecule has 39 heavy (non-hydrogen) atoms. The van der Waals surface area contributed by atoms with Crippen molar-refractivity contribution in [1.29, 1.82) is 0 Å². The van der Waals surface area contributed by atoms with Crippen LogP contribution in [-0.2, 0) is 11.3 Å². The molecule has 2 aromatic heterocycles. The van der Waals surface area contributed by atoms with Gasteiger partial charge in [0.25, 0.3) is 17.8 Å². The summed E-state index contributed by atoms with van der Waals surface area (Å²) in [6.45, 7) is 7.66. The van der Waals surface area contributed by atoms with Crippen molar-refractivity contribution in [2.45, 2.75) is 32.9 Å². The van der Waals surface area contributed by atoms with E-state index >= 15 is 0 Å². The number of hydrogen-bond acceptors (Lipinski definition) is 8. The number of aromatic nitrogens is 1. The van der Waals surface area contributed by atoms with Gasteiger partial charge < -0.3 is 25.0 Å². The van der Waals surface area contributed by atoms with E-state index in [1.54, 1.807) is 12.1 Å². The molecule has 3 aromatic rings. The number of nitrogens with one attached hydrogen (secondary N) is 2. The molecule has 4 rings (SSSR count). The van der Waals surface area contributed by atoms with E-state index in [9.17, 15) is 9.59 Å². The van der Waals surface area contributed by atoms with Crippen molar-refractivity contribution in [1.82, 2.24) is 9.88 Å². The van der Waals surface area contributed by atoms with Crippen molar-refractivity contribution < 1.29 is 19.1 Å². The van der Waals surface area contributed by atoms with Crippen molar-refractivity contribution in [3.05, 3.63) is 66.9 Å². The van der Waals surface area contributed by atoms with Crippen molar-refractivity contribution in [3.63, 3.8) is 0 Å². The van der Waals surface area contributed by atoms with Crippen LogP contribution in [0.5, 0.6) is 5.75 Å². The van der Waals surface area contributed by atoms with Gasteiger partial charge in [0.15, 0.2) is 0 Å². The van der Waals surface area contributed by atoms with Gasteiger partial charge >= 0.3 is 0 Å². The first kappa shape index (κ1) is 28.9. The molecule has 206 valence electrons. The molecular weight excluding hydrogens is 585 g/mol. The van der Waals surface area contributed by atoms with E-state index in [0.29, 0.717) is 35.8 Å². The summed E-state index contributed by atoms with van der Waals surface area (Å²) in [6.07, 6.45) is 1.40. The van der Waals surface area contributed by atoms with Crippen LogP contribution in [0.3, 0.4) is 0 Å². The van der Waals surface area contributed by atoms with E-state index in [-0.39, 0.29) is 38.3 Å². The lowest BCUT2D eigenvalue weighted by atomic mass is 10.1. The lowest BCUT2D eigenvalue weighted by molar-refractivity contribution is 0.102. The number of amides is 2. The Hall–Kier alpha value is -3.05. The highest BCUT2D eigenvalue weighted by Crippen LogP contribution is 2.36. The van der Waals surface area contributed by atoms with Gasteiger partial charge in [-0.15, -0.1) is 11.3 Å². The molecule has 2 amide bonds. The van der Waals surface area contributed by atoms with Gasteiger partial charge in [-0.3, -0.25) is 9.59 Å². The molecule has 0 saturated carbocycles. The monoisotopic (exact) mass is 609 g/mol. The molecule has 3 heterocycles. The van der Waals surface area contributed by atoms with Crippen LogP contribution in [0.25, 0.3) is 0 Å². The first-order valence-electron chi connectivity index (χ1n) is 11.8. The summed E-state index contributed by atoms with van der Waals surface area (Å²) in [6, 6.07) is 6.62. The second-order valence-corrected chi connectivity index (χ2v) is 11.6. The van der Waals surface area contributed by atoms with Crippen LogP contribution < -0.4 is 15.4 Å². The molecule has 1 aromatic carbocycles. The summed E-state index contributed by atoms with van der Waals surface area (Å²) in [5.41, 5.74) is 0.659. The van der Waals surface area contributed by atoms with Gasteiger partial charge in [0.1, 0.15) is 23.1 Å². The third kappa shape index (κ3) is 6.75. The van der Waals surface area contributed by atoms with E-state index < -0.39 is 11.8 Å². The summed E-state index contributed by atoms with van der Waals surface area (Å²) in [7, 11) is 1.41. The predicted octanol–water partition coefficient (Wildman–Crippen LogP) is 6.60. The van der Waals surface area contributed by atoms with Crippen molar-refractivity contribution in [2.75, 3.05) is 30.9 Å². The number of aliphatic imine (C=N–C) groups is 1. The fourth-order valence-electron chi connectivity index (χ4n) is 3.74. The number of halogens is 3. The molecule has 1 aliphatic heterocycles. The minimum Gasteiger partial charge on any atom is -0.494 e. The first-order valence-corrected chi connectivity index (χ1v) is 13.8. The zero-order valence-corrected chi connectivity index (χ0v) is 24.7. The maximum Gasteiger partial charge on any atom is 0.288 e. The van der Waals surface area contributed by atoms with E-state index in [4.69, 9.17) is 44.3 Å². The van der Waals surface area contributed by atoms with Gasteiger partial charge in [0.2, 0.25) is 0 Å². The number of amidine groups is 1. The van der Waals surface area contributed by atoms with Crippen LogP contribution in [0, 0.1) is 0 Å². The SMILES string of the molecule is COc1cc(Cl)cc(C(=O)Nc2ccc(Cl)cn2)c1NC(=O)c1scc(CN(C2=NCCO2)C(C)(C)C)c1Cl. The fraction of sp³-hybridized carbons (Fsp3) is 0.308. The Morgan fingerprint density at radius 1 is 1.13 bits per heavy atom. The molecule has 0 aliphatic carbocycles. The Kier molecular flexibility index (Phi) is 8.90. The Morgan fingerprint density at radius 2 is 1.90 bits per heavy atom.